The maximum atomic E-state index is 12.9. The average Bonchev–Trinajstić information content (AvgIpc) is 3.09. The Hall–Kier alpha value is -3.10. The van der Waals surface area contributed by atoms with Crippen LogP contribution in [0, 0.1) is 16.0 Å². The van der Waals surface area contributed by atoms with Crippen molar-refractivity contribution < 1.29 is 19.2 Å². The molecule has 2 aliphatic rings. The first-order valence-electron chi connectivity index (χ1n) is 8.89. The molecule has 4 rings (SSSR count). The van der Waals surface area contributed by atoms with Gasteiger partial charge in [0.2, 0.25) is 12.1 Å². The van der Waals surface area contributed by atoms with Crippen molar-refractivity contribution in [3.8, 4) is 11.5 Å². The van der Waals surface area contributed by atoms with Crippen molar-refractivity contribution in [2.75, 3.05) is 31.2 Å². The Morgan fingerprint density at radius 3 is 2.63 bits per heavy atom. The first-order valence-corrected chi connectivity index (χ1v) is 8.89. The number of carbonyl (C=O) groups is 1. The summed E-state index contributed by atoms with van der Waals surface area (Å²) in [7, 11) is 1.74. The standard InChI is InChI=1S/C18H20N4O5/c1-20-11-19-17(22(24)25)18(20)21-6-4-12(5-7-21)16(23)13-2-3-14-15(10-13)27-9-8-26-14/h2-3,10-12H,4-9H2,1H3. The van der Waals surface area contributed by atoms with Gasteiger partial charge in [-0.2, -0.15) is 0 Å². The fourth-order valence-corrected chi connectivity index (χ4v) is 3.69. The van der Waals surface area contributed by atoms with Gasteiger partial charge in [-0.25, -0.2) is 0 Å². The molecule has 2 aromatic rings. The summed E-state index contributed by atoms with van der Waals surface area (Å²) in [5.41, 5.74) is 0.615. The van der Waals surface area contributed by atoms with Crippen molar-refractivity contribution in [3.63, 3.8) is 0 Å². The Morgan fingerprint density at radius 1 is 1.22 bits per heavy atom. The number of carbonyl (C=O) groups excluding carboxylic acids is 1. The number of nitro groups is 1. The monoisotopic (exact) mass is 372 g/mol. The third kappa shape index (κ3) is 3.20. The predicted octanol–water partition coefficient (Wildman–Crippen LogP) is 2.20. The van der Waals surface area contributed by atoms with Gasteiger partial charge in [-0.15, -0.1) is 0 Å². The molecule has 1 saturated heterocycles. The van der Waals surface area contributed by atoms with E-state index in [-0.39, 0.29) is 17.5 Å². The smallest absolute Gasteiger partial charge is 0.406 e. The number of piperidine rings is 1. The number of ether oxygens (including phenoxy) is 2. The summed E-state index contributed by atoms with van der Waals surface area (Å²) in [6.45, 7) is 2.13. The Bertz CT molecular complexity index is 886. The minimum Gasteiger partial charge on any atom is -0.486 e. The summed E-state index contributed by atoms with van der Waals surface area (Å²) in [5.74, 6) is 1.58. The van der Waals surface area contributed by atoms with Crippen molar-refractivity contribution in [1.29, 1.82) is 0 Å². The number of imidazole rings is 1. The van der Waals surface area contributed by atoms with Crippen LogP contribution in [-0.2, 0) is 7.05 Å². The van der Waals surface area contributed by atoms with Gasteiger partial charge in [-0.05, 0) is 40.9 Å². The molecular weight excluding hydrogens is 352 g/mol. The summed E-state index contributed by atoms with van der Waals surface area (Å²) in [4.78, 5) is 29.4. The van der Waals surface area contributed by atoms with Gasteiger partial charge < -0.3 is 24.5 Å². The number of Topliss-reactive ketones (excluding diaryl/α,β-unsaturated/α-hetero) is 1. The van der Waals surface area contributed by atoms with E-state index in [0.717, 1.165) is 0 Å². The predicted molar refractivity (Wildman–Crippen MR) is 96.6 cm³/mol. The zero-order valence-electron chi connectivity index (χ0n) is 15.0. The summed E-state index contributed by atoms with van der Waals surface area (Å²) in [6.07, 6.45) is 2.71. The van der Waals surface area contributed by atoms with E-state index >= 15 is 0 Å². The lowest BCUT2D eigenvalue weighted by Gasteiger charge is -2.32. The van der Waals surface area contributed by atoms with Gasteiger partial charge in [0.05, 0.1) is 0 Å². The van der Waals surface area contributed by atoms with Crippen LogP contribution in [-0.4, -0.2) is 46.6 Å². The number of benzene rings is 1. The Kier molecular flexibility index (Phi) is 4.43. The molecule has 0 saturated carbocycles. The van der Waals surface area contributed by atoms with Crippen molar-refractivity contribution in [1.82, 2.24) is 9.55 Å². The second kappa shape index (κ2) is 6.90. The van der Waals surface area contributed by atoms with E-state index in [0.29, 0.717) is 62.0 Å². The number of nitrogens with zero attached hydrogens (tertiary/aromatic N) is 4. The highest BCUT2D eigenvalue weighted by atomic mass is 16.6. The van der Waals surface area contributed by atoms with Crippen LogP contribution in [0.2, 0.25) is 0 Å². The van der Waals surface area contributed by atoms with Crippen molar-refractivity contribution in [2.45, 2.75) is 12.8 Å². The van der Waals surface area contributed by atoms with Gasteiger partial charge in [0, 0.05) is 31.6 Å². The van der Waals surface area contributed by atoms with E-state index in [2.05, 4.69) is 4.98 Å². The van der Waals surface area contributed by atoms with Gasteiger partial charge in [-0.1, -0.05) is 0 Å². The van der Waals surface area contributed by atoms with Crippen LogP contribution in [0.1, 0.15) is 23.2 Å². The second-order valence-corrected chi connectivity index (χ2v) is 6.74. The van der Waals surface area contributed by atoms with Crippen LogP contribution in [0.15, 0.2) is 24.5 Å². The molecule has 1 fully saturated rings. The topological polar surface area (TPSA) is 99.7 Å². The second-order valence-electron chi connectivity index (χ2n) is 6.74. The van der Waals surface area contributed by atoms with E-state index in [4.69, 9.17) is 9.47 Å². The van der Waals surface area contributed by atoms with Crippen LogP contribution < -0.4 is 14.4 Å². The third-order valence-electron chi connectivity index (χ3n) is 5.05. The fourth-order valence-electron chi connectivity index (χ4n) is 3.69. The molecule has 9 heteroatoms. The number of aromatic nitrogens is 2. The Labute approximate surface area is 155 Å². The van der Waals surface area contributed by atoms with Gasteiger partial charge >= 0.3 is 5.82 Å². The SMILES string of the molecule is Cn1cnc([N+](=O)[O-])c1N1CCC(C(=O)c2ccc3c(c2)OCCO3)CC1. The molecular formula is C18H20N4O5. The first-order chi connectivity index (χ1) is 13.0. The summed E-state index contributed by atoms with van der Waals surface area (Å²) in [6, 6.07) is 5.29. The third-order valence-corrected chi connectivity index (χ3v) is 5.05. The molecule has 0 aliphatic carbocycles. The number of anilines is 1. The summed E-state index contributed by atoms with van der Waals surface area (Å²) >= 11 is 0. The molecule has 0 spiro atoms. The molecule has 0 amide bonds. The molecule has 27 heavy (non-hydrogen) atoms. The first kappa shape index (κ1) is 17.3. The lowest BCUT2D eigenvalue weighted by molar-refractivity contribution is -0.388. The molecule has 9 nitrogen and oxygen atoms in total. The molecule has 0 atom stereocenters. The lowest BCUT2D eigenvalue weighted by Crippen LogP contribution is -2.37. The minimum absolute atomic E-state index is 0.0751. The Balaban J connectivity index is 1.46. The van der Waals surface area contributed by atoms with E-state index in [1.54, 1.807) is 29.8 Å². The molecule has 2 aliphatic heterocycles. The summed E-state index contributed by atoms with van der Waals surface area (Å²) in [5, 5.41) is 11.2. The number of rotatable bonds is 4. The largest absolute Gasteiger partial charge is 0.486 e. The zero-order valence-corrected chi connectivity index (χ0v) is 15.0. The van der Waals surface area contributed by atoms with E-state index in [1.165, 1.54) is 6.33 Å². The van der Waals surface area contributed by atoms with Gasteiger partial charge in [-0.3, -0.25) is 9.36 Å². The van der Waals surface area contributed by atoms with E-state index in [1.807, 2.05) is 4.90 Å². The highest BCUT2D eigenvalue weighted by Crippen LogP contribution is 2.34. The van der Waals surface area contributed by atoms with Crippen LogP contribution >= 0.6 is 0 Å². The van der Waals surface area contributed by atoms with Crippen molar-refractivity contribution in [3.05, 3.63) is 40.2 Å². The maximum absolute atomic E-state index is 12.9. The number of hydrogen-bond acceptors (Lipinski definition) is 7. The quantitative estimate of drug-likeness (QED) is 0.461. The van der Waals surface area contributed by atoms with Crippen molar-refractivity contribution >= 4 is 17.4 Å². The molecule has 1 aromatic heterocycles. The molecule has 3 heterocycles. The number of fused-ring (bicyclic) bond motifs is 1. The van der Waals surface area contributed by atoms with Gasteiger partial charge in [0.25, 0.3) is 0 Å². The average molecular weight is 372 g/mol. The molecule has 1 aromatic carbocycles. The summed E-state index contributed by atoms with van der Waals surface area (Å²) < 4.78 is 12.7. The van der Waals surface area contributed by atoms with Gasteiger partial charge in [0.1, 0.15) is 13.2 Å². The van der Waals surface area contributed by atoms with Crippen LogP contribution in [0.4, 0.5) is 11.6 Å². The molecule has 0 unspecified atom stereocenters. The Morgan fingerprint density at radius 2 is 1.93 bits per heavy atom. The van der Waals surface area contributed by atoms with E-state index < -0.39 is 4.92 Å². The highest BCUT2D eigenvalue weighted by molar-refractivity contribution is 5.98. The van der Waals surface area contributed by atoms with Crippen LogP contribution in [0.3, 0.4) is 0 Å². The lowest BCUT2D eigenvalue weighted by atomic mass is 9.88. The number of hydrogen-bond donors (Lipinski definition) is 0. The van der Waals surface area contributed by atoms with E-state index in [9.17, 15) is 14.9 Å². The zero-order chi connectivity index (χ0) is 19.0. The number of aryl methyl sites for hydroxylation is 1. The molecule has 0 bridgehead atoms. The van der Waals surface area contributed by atoms with Gasteiger partial charge in [0.15, 0.2) is 17.3 Å². The van der Waals surface area contributed by atoms with Crippen LogP contribution in [0.5, 0.6) is 11.5 Å². The molecule has 0 radical (unpaired) electrons. The normalized spacial score (nSPS) is 17.0. The van der Waals surface area contributed by atoms with Crippen LogP contribution in [0.25, 0.3) is 0 Å². The number of ketones is 1. The van der Waals surface area contributed by atoms with Crippen molar-refractivity contribution in [2.24, 2.45) is 13.0 Å². The fraction of sp³-hybridized carbons (Fsp3) is 0.444. The molecule has 0 N–H and O–H groups in total. The maximum Gasteiger partial charge on any atom is 0.406 e. The molecule has 142 valence electrons. The highest BCUT2D eigenvalue weighted by Gasteiger charge is 2.32. The minimum atomic E-state index is -0.470.